The lowest BCUT2D eigenvalue weighted by atomic mass is 10.1. The van der Waals surface area contributed by atoms with Crippen molar-refractivity contribution in [1.29, 1.82) is 0 Å². The van der Waals surface area contributed by atoms with E-state index in [0.717, 1.165) is 63.0 Å². The van der Waals surface area contributed by atoms with Gasteiger partial charge in [0.1, 0.15) is 17.7 Å². The molecule has 2 heterocycles. The molecule has 0 amide bonds. The van der Waals surface area contributed by atoms with Crippen molar-refractivity contribution in [2.45, 2.75) is 38.8 Å². The third kappa shape index (κ3) is 7.48. The van der Waals surface area contributed by atoms with Crippen molar-refractivity contribution in [3.8, 4) is 5.75 Å². The molecule has 0 saturated carbocycles. The number of piperidine rings is 1. The molecule has 1 N–H and O–H groups in total. The number of halogens is 1. The average Bonchev–Trinajstić information content (AvgIpc) is 3.27. The maximum absolute atomic E-state index is 6.14. The first kappa shape index (κ1) is 25.1. The predicted octanol–water partition coefficient (Wildman–Crippen LogP) is 4.60. The first-order valence-electron chi connectivity index (χ1n) is 11.6. The van der Waals surface area contributed by atoms with Gasteiger partial charge in [0.2, 0.25) is 0 Å². The van der Waals surface area contributed by atoms with Gasteiger partial charge in [0, 0.05) is 64.4 Å². The van der Waals surface area contributed by atoms with Gasteiger partial charge < -0.3 is 19.5 Å². The summed E-state index contributed by atoms with van der Waals surface area (Å²) in [5.74, 6) is 3.02. The van der Waals surface area contributed by atoms with Gasteiger partial charge in [0.05, 0.1) is 0 Å². The smallest absolute Gasteiger partial charge is 0.193 e. The lowest BCUT2D eigenvalue weighted by Crippen LogP contribution is -2.47. The molecular weight excluding hydrogens is 525 g/mol. The quantitative estimate of drug-likeness (QED) is 0.249. The highest BCUT2D eigenvalue weighted by Crippen LogP contribution is 2.18. The fraction of sp³-hybridized carbons (Fsp3) is 0.385. The molecule has 0 bridgehead atoms. The zero-order chi connectivity index (χ0) is 22.0. The summed E-state index contributed by atoms with van der Waals surface area (Å²) in [7, 11) is 0. The van der Waals surface area contributed by atoms with Crippen LogP contribution in [-0.2, 0) is 13.0 Å². The average molecular weight is 559 g/mol. The second kappa shape index (κ2) is 13.2. The van der Waals surface area contributed by atoms with Crippen LogP contribution in [0.3, 0.4) is 0 Å². The third-order valence-electron chi connectivity index (χ3n) is 5.72. The van der Waals surface area contributed by atoms with Gasteiger partial charge in [0.15, 0.2) is 5.96 Å². The SMILES string of the molecule is CCNC(=NCCc1nccn1Cc1ccccc1)N1CCC(Oc2ccccc2)CC1.I. The van der Waals surface area contributed by atoms with Gasteiger partial charge in [-0.2, -0.15) is 0 Å². The van der Waals surface area contributed by atoms with E-state index in [1.807, 2.05) is 42.6 Å². The molecule has 0 atom stereocenters. The highest BCUT2D eigenvalue weighted by molar-refractivity contribution is 14.0. The minimum absolute atomic E-state index is 0. The lowest BCUT2D eigenvalue weighted by Gasteiger charge is -2.34. The van der Waals surface area contributed by atoms with E-state index in [-0.39, 0.29) is 30.1 Å². The number of likely N-dealkylation sites (tertiary alicyclic amines) is 1. The normalized spacial score (nSPS) is 14.6. The Hall–Kier alpha value is -2.55. The van der Waals surface area contributed by atoms with Crippen molar-refractivity contribution in [3.05, 3.63) is 84.4 Å². The van der Waals surface area contributed by atoms with Gasteiger partial charge in [-0.05, 0) is 24.6 Å². The number of aliphatic imine (C=N–C) groups is 1. The van der Waals surface area contributed by atoms with E-state index >= 15 is 0 Å². The summed E-state index contributed by atoms with van der Waals surface area (Å²) < 4.78 is 8.35. The van der Waals surface area contributed by atoms with E-state index < -0.39 is 0 Å². The highest BCUT2D eigenvalue weighted by atomic mass is 127. The first-order chi connectivity index (χ1) is 15.8. The number of guanidine groups is 1. The standard InChI is InChI=1S/C26H33N5O.HI/c1-2-27-26(30-18-14-24(15-19-30)32-23-11-7-4-8-12-23)29-16-13-25-28-17-20-31(25)21-22-9-5-3-6-10-22;/h3-12,17,20,24H,2,13-16,18-19,21H2,1H3,(H,27,29);1H. The molecule has 6 nitrogen and oxygen atoms in total. The molecule has 0 aliphatic carbocycles. The fourth-order valence-electron chi connectivity index (χ4n) is 4.06. The summed E-state index contributed by atoms with van der Waals surface area (Å²) in [5, 5.41) is 3.46. The molecular formula is C26H34IN5O. The van der Waals surface area contributed by atoms with Crippen molar-refractivity contribution < 1.29 is 4.74 Å². The minimum atomic E-state index is 0. The first-order valence-corrected chi connectivity index (χ1v) is 11.6. The van der Waals surface area contributed by atoms with Gasteiger partial charge >= 0.3 is 0 Å². The predicted molar refractivity (Wildman–Crippen MR) is 145 cm³/mol. The van der Waals surface area contributed by atoms with Gasteiger partial charge in [-0.25, -0.2) is 4.98 Å². The van der Waals surface area contributed by atoms with Crippen LogP contribution in [0.2, 0.25) is 0 Å². The zero-order valence-electron chi connectivity index (χ0n) is 19.3. The summed E-state index contributed by atoms with van der Waals surface area (Å²) in [4.78, 5) is 11.8. The molecule has 1 fully saturated rings. The van der Waals surface area contributed by atoms with Crippen molar-refractivity contribution >= 4 is 29.9 Å². The van der Waals surface area contributed by atoms with Crippen LogP contribution < -0.4 is 10.1 Å². The maximum atomic E-state index is 6.14. The highest BCUT2D eigenvalue weighted by Gasteiger charge is 2.22. The van der Waals surface area contributed by atoms with E-state index in [4.69, 9.17) is 9.73 Å². The zero-order valence-corrected chi connectivity index (χ0v) is 21.6. The number of hydrogen-bond donors (Lipinski definition) is 1. The summed E-state index contributed by atoms with van der Waals surface area (Å²) >= 11 is 0. The van der Waals surface area contributed by atoms with Crippen LogP contribution in [0.4, 0.5) is 0 Å². The minimum Gasteiger partial charge on any atom is -0.490 e. The number of rotatable bonds is 8. The van der Waals surface area contributed by atoms with Gasteiger partial charge in [-0.15, -0.1) is 24.0 Å². The molecule has 2 aromatic carbocycles. The molecule has 0 radical (unpaired) electrons. The van der Waals surface area contributed by atoms with E-state index in [1.54, 1.807) is 0 Å². The second-order valence-corrected chi connectivity index (χ2v) is 8.06. The summed E-state index contributed by atoms with van der Waals surface area (Å²) in [6.07, 6.45) is 7.02. The van der Waals surface area contributed by atoms with E-state index in [0.29, 0.717) is 6.54 Å². The van der Waals surface area contributed by atoms with E-state index in [2.05, 4.69) is 57.2 Å². The number of hydrogen-bond acceptors (Lipinski definition) is 3. The van der Waals surface area contributed by atoms with Crippen LogP contribution in [-0.4, -0.2) is 52.7 Å². The topological polar surface area (TPSA) is 54.7 Å². The molecule has 0 spiro atoms. The molecule has 1 aromatic heterocycles. The molecule has 176 valence electrons. The molecule has 7 heteroatoms. The molecule has 4 rings (SSSR count). The Balaban J connectivity index is 0.00000306. The molecule has 1 saturated heterocycles. The number of benzene rings is 2. The summed E-state index contributed by atoms with van der Waals surface area (Å²) in [5.41, 5.74) is 1.28. The molecule has 0 unspecified atom stereocenters. The molecule has 1 aliphatic heterocycles. The van der Waals surface area contributed by atoms with Gasteiger partial charge in [0.25, 0.3) is 0 Å². The Morgan fingerprint density at radius 3 is 2.45 bits per heavy atom. The maximum Gasteiger partial charge on any atom is 0.193 e. The van der Waals surface area contributed by atoms with Gasteiger partial charge in [-0.1, -0.05) is 48.5 Å². The van der Waals surface area contributed by atoms with Gasteiger partial charge in [-0.3, -0.25) is 4.99 Å². The number of para-hydroxylation sites is 1. The van der Waals surface area contributed by atoms with Crippen LogP contribution >= 0.6 is 24.0 Å². The number of nitrogens with one attached hydrogen (secondary N) is 1. The van der Waals surface area contributed by atoms with Crippen LogP contribution in [0.25, 0.3) is 0 Å². The number of nitrogens with zero attached hydrogens (tertiary/aromatic N) is 4. The number of imidazole rings is 1. The van der Waals surface area contributed by atoms with E-state index in [1.165, 1.54) is 5.56 Å². The van der Waals surface area contributed by atoms with Crippen molar-refractivity contribution in [2.75, 3.05) is 26.2 Å². The third-order valence-corrected chi connectivity index (χ3v) is 5.72. The van der Waals surface area contributed by atoms with Crippen LogP contribution in [0.1, 0.15) is 31.2 Å². The number of ether oxygens (including phenoxy) is 1. The second-order valence-electron chi connectivity index (χ2n) is 8.06. The van der Waals surface area contributed by atoms with Crippen LogP contribution in [0.5, 0.6) is 5.75 Å². The Bertz CT molecular complexity index is 969. The molecule has 3 aromatic rings. The van der Waals surface area contributed by atoms with Crippen molar-refractivity contribution in [1.82, 2.24) is 19.8 Å². The monoisotopic (exact) mass is 559 g/mol. The fourth-order valence-corrected chi connectivity index (χ4v) is 4.06. The summed E-state index contributed by atoms with van der Waals surface area (Å²) in [6.45, 7) is 6.44. The number of aromatic nitrogens is 2. The summed E-state index contributed by atoms with van der Waals surface area (Å²) in [6, 6.07) is 20.6. The Morgan fingerprint density at radius 1 is 1.06 bits per heavy atom. The van der Waals surface area contributed by atoms with E-state index in [9.17, 15) is 0 Å². The van der Waals surface area contributed by atoms with Crippen LogP contribution in [0, 0.1) is 0 Å². The Morgan fingerprint density at radius 2 is 1.76 bits per heavy atom. The Kier molecular flexibility index (Phi) is 10.1. The van der Waals surface area contributed by atoms with Crippen molar-refractivity contribution in [3.63, 3.8) is 0 Å². The molecule has 33 heavy (non-hydrogen) atoms. The largest absolute Gasteiger partial charge is 0.490 e. The lowest BCUT2D eigenvalue weighted by molar-refractivity contribution is 0.129. The molecule has 1 aliphatic rings. The Labute approximate surface area is 214 Å². The van der Waals surface area contributed by atoms with Crippen LogP contribution in [0.15, 0.2) is 78.0 Å². The van der Waals surface area contributed by atoms with Crippen molar-refractivity contribution in [2.24, 2.45) is 4.99 Å².